The van der Waals surface area contributed by atoms with Gasteiger partial charge in [-0.3, -0.25) is 4.55 Å². The summed E-state index contributed by atoms with van der Waals surface area (Å²) in [7, 11) is -5.38. The van der Waals surface area contributed by atoms with Crippen molar-refractivity contribution in [3.63, 3.8) is 0 Å². The molecular formula is C26H46O12S. The smallest absolute Gasteiger partial charge is 0.393 e. The average molecular weight is 583 g/mol. The topological polar surface area (TPSA) is 225 Å². The molecule has 0 heterocycles. The molecular weight excluding hydrogens is 536 g/mol. The molecule has 39 heavy (non-hydrogen) atoms. The van der Waals surface area contributed by atoms with Crippen LogP contribution in [0, 0.1) is 28.6 Å². The van der Waals surface area contributed by atoms with E-state index < -0.39 is 80.6 Å². The van der Waals surface area contributed by atoms with Gasteiger partial charge in [-0.2, -0.15) is 8.42 Å². The highest BCUT2D eigenvalue weighted by Gasteiger charge is 2.84. The van der Waals surface area contributed by atoms with Crippen LogP contribution in [0.15, 0.2) is 0 Å². The Bertz CT molecular complexity index is 1040. The van der Waals surface area contributed by atoms with Gasteiger partial charge in [0, 0.05) is 16.7 Å². The van der Waals surface area contributed by atoms with Crippen molar-refractivity contribution in [2.24, 2.45) is 28.6 Å². The molecule has 4 rings (SSSR count). The van der Waals surface area contributed by atoms with E-state index in [1.165, 1.54) is 6.92 Å². The molecule has 4 saturated carbocycles. The summed E-state index contributed by atoms with van der Waals surface area (Å²) in [5.74, 6) is -1.63. The Morgan fingerprint density at radius 1 is 0.923 bits per heavy atom. The van der Waals surface area contributed by atoms with Crippen molar-refractivity contribution in [2.75, 3.05) is 0 Å². The summed E-state index contributed by atoms with van der Waals surface area (Å²) >= 11 is 0. The molecule has 0 aromatic carbocycles. The van der Waals surface area contributed by atoms with Gasteiger partial charge in [0.15, 0.2) is 0 Å². The largest absolute Gasteiger partial charge is 0.397 e. The third-order valence-electron chi connectivity index (χ3n) is 11.7. The van der Waals surface area contributed by atoms with Crippen molar-refractivity contribution >= 4 is 10.4 Å². The molecule has 7 unspecified atom stereocenters. The fraction of sp³-hybridized carbons (Fsp3) is 1.00. The van der Waals surface area contributed by atoms with Crippen LogP contribution in [0.1, 0.15) is 79.1 Å². The second-order valence-electron chi connectivity index (χ2n) is 13.3. The van der Waals surface area contributed by atoms with Gasteiger partial charge in [-0.05, 0) is 63.2 Å². The van der Waals surface area contributed by atoms with Crippen LogP contribution >= 0.6 is 0 Å². The first-order chi connectivity index (χ1) is 17.8. The molecule has 0 aliphatic heterocycles. The van der Waals surface area contributed by atoms with Gasteiger partial charge < -0.3 is 40.9 Å². The van der Waals surface area contributed by atoms with E-state index in [9.17, 15) is 53.8 Å². The highest BCUT2D eigenvalue weighted by Crippen LogP contribution is 2.72. The molecule has 0 saturated heterocycles. The van der Waals surface area contributed by atoms with Crippen LogP contribution in [-0.4, -0.2) is 107 Å². The van der Waals surface area contributed by atoms with E-state index in [2.05, 4.69) is 0 Å². The van der Waals surface area contributed by atoms with E-state index in [1.54, 1.807) is 6.92 Å². The quantitative estimate of drug-likeness (QED) is 0.169. The minimum atomic E-state index is -5.38. The average Bonchev–Trinajstić information content (AvgIpc) is 3.07. The third-order valence-corrected chi connectivity index (χ3v) is 12.2. The van der Waals surface area contributed by atoms with Crippen LogP contribution in [0.25, 0.3) is 0 Å². The minimum absolute atomic E-state index is 0.0427. The molecule has 228 valence electrons. The van der Waals surface area contributed by atoms with Crippen molar-refractivity contribution in [1.29, 1.82) is 0 Å². The van der Waals surface area contributed by atoms with Gasteiger partial charge >= 0.3 is 10.4 Å². The summed E-state index contributed by atoms with van der Waals surface area (Å²) in [5, 5.41) is 91.5. The minimum Gasteiger partial charge on any atom is -0.393 e. The first kappa shape index (κ1) is 31.5. The van der Waals surface area contributed by atoms with Crippen molar-refractivity contribution < 1.29 is 58.0 Å². The number of aliphatic hydroxyl groups is 8. The van der Waals surface area contributed by atoms with Crippen LogP contribution in [-0.2, 0) is 14.6 Å². The van der Waals surface area contributed by atoms with Gasteiger partial charge in [0.05, 0.1) is 18.3 Å². The number of hydrogen-bond donors (Lipinski definition) is 9. The molecule has 4 aliphatic rings. The lowest BCUT2D eigenvalue weighted by Crippen LogP contribution is -2.88. The zero-order chi connectivity index (χ0) is 29.6. The second-order valence-corrected chi connectivity index (χ2v) is 14.3. The van der Waals surface area contributed by atoms with Crippen molar-refractivity contribution in [2.45, 2.75) is 132 Å². The van der Waals surface area contributed by atoms with Crippen molar-refractivity contribution in [3.05, 3.63) is 0 Å². The van der Waals surface area contributed by atoms with E-state index in [-0.39, 0.29) is 43.9 Å². The Hall–Kier alpha value is -0.450. The Kier molecular flexibility index (Phi) is 7.91. The van der Waals surface area contributed by atoms with Gasteiger partial charge in [-0.1, -0.05) is 27.7 Å². The van der Waals surface area contributed by atoms with Gasteiger partial charge in [-0.15, -0.1) is 0 Å². The highest BCUT2D eigenvalue weighted by molar-refractivity contribution is 7.80. The molecule has 0 aromatic rings. The summed E-state index contributed by atoms with van der Waals surface area (Å²) in [5.41, 5.74) is -10.5. The fourth-order valence-corrected chi connectivity index (χ4v) is 9.95. The number of aliphatic hydroxyl groups excluding tert-OH is 5. The molecule has 0 aromatic heterocycles. The van der Waals surface area contributed by atoms with Crippen LogP contribution in [0.2, 0.25) is 0 Å². The molecule has 13 heteroatoms. The van der Waals surface area contributed by atoms with Gasteiger partial charge in [0.1, 0.15) is 35.1 Å². The zero-order valence-electron chi connectivity index (χ0n) is 23.0. The van der Waals surface area contributed by atoms with Crippen LogP contribution in [0.4, 0.5) is 0 Å². The predicted molar refractivity (Wildman–Crippen MR) is 136 cm³/mol. The third kappa shape index (κ3) is 4.03. The molecule has 4 aliphatic carbocycles. The molecule has 4 fully saturated rings. The monoisotopic (exact) mass is 582 g/mol. The lowest BCUT2D eigenvalue weighted by molar-refractivity contribution is -0.397. The maximum absolute atomic E-state index is 12.5. The summed E-state index contributed by atoms with van der Waals surface area (Å²) in [6.45, 7) is 6.98. The summed E-state index contributed by atoms with van der Waals surface area (Å²) in [4.78, 5) is 0. The summed E-state index contributed by atoms with van der Waals surface area (Å²) in [6, 6.07) is 0. The molecule has 0 spiro atoms. The molecule has 14 atom stereocenters. The number of hydrogen-bond acceptors (Lipinski definition) is 11. The van der Waals surface area contributed by atoms with Crippen LogP contribution in [0.5, 0.6) is 0 Å². The molecule has 12 nitrogen and oxygen atoms in total. The lowest BCUT2D eigenvalue weighted by atomic mass is 9.38. The maximum atomic E-state index is 12.5. The lowest BCUT2D eigenvalue weighted by Gasteiger charge is -2.72. The fourth-order valence-electron chi connectivity index (χ4n) is 9.43. The SMILES string of the molecule is CCC(O)CC[C@@H](C)[C@H]1CC(O)[C@]2(O)[C@]1(C)CC[C@@H]1[C@@]3(C)CCC(O)C(O)C3(O)C(OS(=O)(=O)O)C(O)[C@]12O. The first-order valence-electron chi connectivity index (χ1n) is 14.0. The number of fused-ring (bicyclic) bond motifs is 5. The Morgan fingerprint density at radius 3 is 2.08 bits per heavy atom. The van der Waals surface area contributed by atoms with E-state index in [4.69, 9.17) is 4.18 Å². The van der Waals surface area contributed by atoms with E-state index >= 15 is 0 Å². The van der Waals surface area contributed by atoms with E-state index in [0.29, 0.717) is 19.3 Å². The molecule has 0 radical (unpaired) electrons. The second kappa shape index (κ2) is 9.80. The first-order valence-corrected chi connectivity index (χ1v) is 15.4. The standard InChI is InChI=1S/C26H46O12S/c1-5-14(27)7-6-13(2)15-12-18(29)26(34)22(15,3)11-9-17-23(4)10-8-16(28)19(30)25(23,33)21(38-39(35,36)37)20(31)24(17,26)32/h13-21,27-34H,5-12H2,1-4H3,(H,35,36,37)/t13-,14?,15-,16?,17-,18?,19?,20?,21?,22-,23-,24-,25?,26+/m1/s1. The van der Waals surface area contributed by atoms with Gasteiger partial charge in [0.25, 0.3) is 0 Å². The maximum Gasteiger partial charge on any atom is 0.397 e. The zero-order valence-corrected chi connectivity index (χ0v) is 23.8. The van der Waals surface area contributed by atoms with Crippen molar-refractivity contribution in [3.8, 4) is 0 Å². The highest BCUT2D eigenvalue weighted by atomic mass is 32.3. The molecule has 9 N–H and O–H groups in total. The van der Waals surface area contributed by atoms with Gasteiger partial charge in [0.2, 0.25) is 0 Å². The number of rotatable bonds is 7. The van der Waals surface area contributed by atoms with Crippen LogP contribution < -0.4 is 0 Å². The molecule has 0 bridgehead atoms. The van der Waals surface area contributed by atoms with Crippen molar-refractivity contribution in [1.82, 2.24) is 0 Å². The van der Waals surface area contributed by atoms with E-state index in [0.717, 1.165) is 0 Å². The Labute approximate surface area is 229 Å². The Balaban J connectivity index is 1.86. The summed E-state index contributed by atoms with van der Waals surface area (Å²) < 4.78 is 38.1. The normalized spacial score (nSPS) is 53.4. The van der Waals surface area contributed by atoms with Crippen LogP contribution in [0.3, 0.4) is 0 Å². The van der Waals surface area contributed by atoms with E-state index in [1.807, 2.05) is 13.8 Å². The van der Waals surface area contributed by atoms with Gasteiger partial charge in [-0.25, -0.2) is 4.18 Å². The summed E-state index contributed by atoms with van der Waals surface area (Å²) in [6.07, 6.45) is -8.38. The predicted octanol–water partition coefficient (Wildman–Crippen LogP) is -0.752. The molecule has 0 amide bonds. The Morgan fingerprint density at radius 2 is 1.51 bits per heavy atom.